The predicted molar refractivity (Wildman–Crippen MR) is 97.4 cm³/mol. The monoisotopic (exact) mass is 394 g/mol. The number of nitrogens with one attached hydrogen (secondary N) is 1. The summed E-state index contributed by atoms with van der Waals surface area (Å²) in [7, 11) is 1.67. The molecule has 1 N–H and O–H groups in total. The lowest BCUT2D eigenvalue weighted by Gasteiger charge is -2.21. The van der Waals surface area contributed by atoms with Crippen LogP contribution in [0.4, 0.5) is 18.0 Å². The second-order valence-corrected chi connectivity index (χ2v) is 6.51. The highest BCUT2D eigenvalue weighted by Gasteiger charge is 2.29. The first-order valence-electron chi connectivity index (χ1n) is 8.86. The van der Waals surface area contributed by atoms with Gasteiger partial charge in [0.15, 0.2) is 11.5 Å². The Bertz CT molecular complexity index is 822. The highest BCUT2D eigenvalue weighted by atomic mass is 19.4. The fraction of sp³-hybridized carbons (Fsp3) is 0.350. The Labute approximate surface area is 161 Å². The molecule has 0 aromatic heterocycles. The maximum atomic E-state index is 12.6. The Morgan fingerprint density at radius 3 is 2.36 bits per heavy atom. The zero-order valence-corrected chi connectivity index (χ0v) is 15.4. The third-order valence-electron chi connectivity index (χ3n) is 4.34. The number of amides is 2. The molecule has 0 fully saturated rings. The molecule has 0 unspecified atom stereocenters. The van der Waals surface area contributed by atoms with Crippen molar-refractivity contribution in [3.05, 3.63) is 59.2 Å². The van der Waals surface area contributed by atoms with E-state index < -0.39 is 11.7 Å². The number of benzene rings is 2. The molecule has 8 heteroatoms. The van der Waals surface area contributed by atoms with Gasteiger partial charge in [-0.05, 0) is 41.8 Å². The molecule has 0 atom stereocenters. The van der Waals surface area contributed by atoms with Crippen LogP contribution in [0.15, 0.2) is 42.5 Å². The molecule has 3 rings (SSSR count). The number of ether oxygens (including phenoxy) is 2. The second kappa shape index (κ2) is 8.41. The van der Waals surface area contributed by atoms with Gasteiger partial charge in [0, 0.05) is 20.1 Å². The van der Waals surface area contributed by atoms with E-state index in [9.17, 15) is 18.0 Å². The van der Waals surface area contributed by atoms with E-state index in [1.54, 1.807) is 7.05 Å². The van der Waals surface area contributed by atoms with Crippen LogP contribution in [-0.4, -0.2) is 37.7 Å². The Balaban J connectivity index is 1.47. The summed E-state index contributed by atoms with van der Waals surface area (Å²) in [5.74, 6) is 1.36. The predicted octanol–water partition coefficient (Wildman–Crippen LogP) is 3.86. The minimum atomic E-state index is -4.34. The molecule has 0 aliphatic carbocycles. The van der Waals surface area contributed by atoms with Crippen LogP contribution in [-0.2, 0) is 19.1 Å². The van der Waals surface area contributed by atoms with Crippen molar-refractivity contribution in [3.63, 3.8) is 0 Å². The van der Waals surface area contributed by atoms with E-state index in [-0.39, 0.29) is 6.03 Å². The number of halogens is 3. The van der Waals surface area contributed by atoms with Crippen LogP contribution in [0.2, 0.25) is 0 Å². The van der Waals surface area contributed by atoms with Crippen LogP contribution < -0.4 is 14.8 Å². The molecule has 0 spiro atoms. The Morgan fingerprint density at radius 1 is 1.04 bits per heavy atom. The van der Waals surface area contributed by atoms with Crippen molar-refractivity contribution in [2.24, 2.45) is 0 Å². The molecular weight excluding hydrogens is 373 g/mol. The number of hydrogen-bond donors (Lipinski definition) is 1. The number of carbonyl (C=O) groups is 1. The molecule has 0 radical (unpaired) electrons. The smallest absolute Gasteiger partial charge is 0.416 e. The largest absolute Gasteiger partial charge is 0.486 e. The lowest BCUT2D eigenvalue weighted by atomic mass is 10.1. The number of hydrogen-bond acceptors (Lipinski definition) is 3. The standard InChI is InChI=1S/C20H21F3N2O3/c1-25(13-15-4-7-17-18(12-15)28-11-10-27-17)19(26)24-9-8-14-2-5-16(6-3-14)20(21,22)23/h2-7,12H,8-11,13H2,1H3,(H,24,26). The molecular formula is C20H21F3N2O3. The third-order valence-corrected chi connectivity index (χ3v) is 4.34. The zero-order chi connectivity index (χ0) is 20.1. The van der Waals surface area contributed by atoms with Crippen molar-refractivity contribution in [2.45, 2.75) is 19.1 Å². The van der Waals surface area contributed by atoms with Crippen LogP contribution in [0.1, 0.15) is 16.7 Å². The normalized spacial score (nSPS) is 13.1. The van der Waals surface area contributed by atoms with Gasteiger partial charge in [-0.15, -0.1) is 0 Å². The van der Waals surface area contributed by atoms with Crippen LogP contribution in [0.25, 0.3) is 0 Å². The van der Waals surface area contributed by atoms with Crippen molar-refractivity contribution < 1.29 is 27.4 Å². The van der Waals surface area contributed by atoms with E-state index >= 15 is 0 Å². The number of alkyl halides is 3. The summed E-state index contributed by atoms with van der Waals surface area (Å²) in [6.45, 7) is 1.74. The topological polar surface area (TPSA) is 50.8 Å². The van der Waals surface area contributed by atoms with E-state index in [1.165, 1.54) is 17.0 Å². The fourth-order valence-electron chi connectivity index (χ4n) is 2.84. The molecule has 2 aromatic carbocycles. The Morgan fingerprint density at radius 2 is 1.68 bits per heavy atom. The van der Waals surface area contributed by atoms with E-state index in [4.69, 9.17) is 9.47 Å². The van der Waals surface area contributed by atoms with E-state index in [0.717, 1.165) is 23.3 Å². The summed E-state index contributed by atoms with van der Waals surface area (Å²) >= 11 is 0. The van der Waals surface area contributed by atoms with E-state index in [0.29, 0.717) is 44.2 Å². The lowest BCUT2D eigenvalue weighted by Crippen LogP contribution is -2.37. The molecule has 28 heavy (non-hydrogen) atoms. The molecule has 5 nitrogen and oxygen atoms in total. The number of nitrogens with zero attached hydrogens (tertiary/aromatic N) is 1. The summed E-state index contributed by atoms with van der Waals surface area (Å²) in [6, 6.07) is 10.2. The maximum Gasteiger partial charge on any atom is 0.416 e. The highest BCUT2D eigenvalue weighted by molar-refractivity contribution is 5.73. The van der Waals surface area contributed by atoms with Crippen LogP contribution in [0.3, 0.4) is 0 Å². The van der Waals surface area contributed by atoms with E-state index in [2.05, 4.69) is 5.32 Å². The molecule has 0 saturated carbocycles. The minimum Gasteiger partial charge on any atom is -0.486 e. The molecule has 2 amide bonds. The Hall–Kier alpha value is -2.90. The molecule has 150 valence electrons. The first kappa shape index (κ1) is 19.9. The van der Waals surface area contributed by atoms with Gasteiger partial charge in [-0.25, -0.2) is 4.79 Å². The third kappa shape index (κ3) is 5.09. The summed E-state index contributed by atoms with van der Waals surface area (Å²) in [4.78, 5) is 13.7. The van der Waals surface area contributed by atoms with Gasteiger partial charge in [-0.2, -0.15) is 13.2 Å². The molecule has 0 bridgehead atoms. The highest BCUT2D eigenvalue weighted by Crippen LogP contribution is 2.31. The quantitative estimate of drug-likeness (QED) is 0.838. The van der Waals surface area contributed by atoms with Gasteiger partial charge < -0.3 is 19.7 Å². The molecule has 1 aliphatic rings. The van der Waals surface area contributed by atoms with Gasteiger partial charge >= 0.3 is 12.2 Å². The summed E-state index contributed by atoms with van der Waals surface area (Å²) in [5, 5.41) is 2.77. The molecule has 2 aromatic rings. The van der Waals surface area contributed by atoms with Gasteiger partial charge in [0.25, 0.3) is 0 Å². The van der Waals surface area contributed by atoms with Gasteiger partial charge in [0.05, 0.1) is 5.56 Å². The Kier molecular flexibility index (Phi) is 5.96. The number of rotatable bonds is 5. The SMILES string of the molecule is CN(Cc1ccc2c(c1)OCCO2)C(=O)NCCc1ccc(C(F)(F)F)cc1. The maximum absolute atomic E-state index is 12.6. The van der Waals surface area contributed by atoms with E-state index in [1.807, 2.05) is 18.2 Å². The molecule has 1 aliphatic heterocycles. The average Bonchev–Trinajstić information content (AvgIpc) is 2.67. The van der Waals surface area contributed by atoms with Crippen LogP contribution >= 0.6 is 0 Å². The lowest BCUT2D eigenvalue weighted by molar-refractivity contribution is -0.137. The number of urea groups is 1. The van der Waals surface area contributed by atoms with Gasteiger partial charge in [0.1, 0.15) is 13.2 Å². The first-order chi connectivity index (χ1) is 13.3. The van der Waals surface area contributed by atoms with Crippen molar-refractivity contribution >= 4 is 6.03 Å². The summed E-state index contributed by atoms with van der Waals surface area (Å²) in [6.07, 6.45) is -3.90. The van der Waals surface area contributed by atoms with Gasteiger partial charge in [-0.3, -0.25) is 0 Å². The number of fused-ring (bicyclic) bond motifs is 1. The number of carbonyl (C=O) groups excluding carboxylic acids is 1. The van der Waals surface area contributed by atoms with Crippen LogP contribution in [0, 0.1) is 0 Å². The zero-order valence-electron chi connectivity index (χ0n) is 15.4. The van der Waals surface area contributed by atoms with Crippen molar-refractivity contribution in [1.82, 2.24) is 10.2 Å². The van der Waals surface area contributed by atoms with Crippen molar-refractivity contribution in [3.8, 4) is 11.5 Å². The average molecular weight is 394 g/mol. The minimum absolute atomic E-state index is 0.262. The fourth-order valence-corrected chi connectivity index (χ4v) is 2.84. The summed E-state index contributed by atoms with van der Waals surface area (Å²) in [5.41, 5.74) is 0.951. The van der Waals surface area contributed by atoms with Gasteiger partial charge in [-0.1, -0.05) is 18.2 Å². The second-order valence-electron chi connectivity index (χ2n) is 6.51. The van der Waals surface area contributed by atoms with Gasteiger partial charge in [0.2, 0.25) is 0 Å². The van der Waals surface area contributed by atoms with Crippen molar-refractivity contribution in [1.29, 1.82) is 0 Å². The molecule has 0 saturated heterocycles. The first-order valence-corrected chi connectivity index (χ1v) is 8.86. The summed E-state index contributed by atoms with van der Waals surface area (Å²) < 4.78 is 48.7. The molecule has 1 heterocycles. The van der Waals surface area contributed by atoms with Crippen LogP contribution in [0.5, 0.6) is 11.5 Å². The van der Waals surface area contributed by atoms with Crippen molar-refractivity contribution in [2.75, 3.05) is 26.8 Å².